The van der Waals surface area contributed by atoms with Gasteiger partial charge in [-0.25, -0.2) is 13.2 Å². The van der Waals surface area contributed by atoms with E-state index in [0.717, 1.165) is 52.4 Å². The number of halogens is 3. The maximum Gasteiger partial charge on any atom is 0.442 e. The molecule has 4 aromatic rings. The van der Waals surface area contributed by atoms with Gasteiger partial charge in [-0.05, 0) is 69.9 Å². The number of nitro benzene ring substituents is 1. The molecule has 1 unspecified atom stereocenters. The molecule has 348 valence electrons. The van der Waals surface area contributed by atoms with E-state index in [1.54, 1.807) is 18.1 Å². The summed E-state index contributed by atoms with van der Waals surface area (Å²) in [7, 11) is -2.06. The molecule has 1 fully saturated rings. The predicted molar refractivity (Wildman–Crippen MR) is 245 cm³/mol. The number of Topliss-reactive ketones (excluding diaryl/α,β-unsaturated/α-hetero) is 3. The van der Waals surface area contributed by atoms with E-state index in [4.69, 9.17) is 48.7 Å². The standard InChI is InChI=1S/C15H18Cl2N2O3.C15H22ClNO2.C14H13NO7S/c1-8(2)21-12-7-11(9(16)6-10(12)17)19-14(20)22-13(18-19)15(3,4)5;1-5-13-8-6-7-11(2)15(13)17(14(18)9-16)12(3)10-19-4;1-23(21,22)8-5-6-9(10(7-8)15(19)20)14(18)13-11(16)3-2-4-12(13)17/h6-8H,1-5H3;6-8,12H,5,9-10H2,1-4H3;5-7,13H,2-4H2,1H3. The number of aryl methyl sites for hydroxylation is 2. The maximum absolute atomic E-state index is 12.4. The van der Waals surface area contributed by atoms with Crippen LogP contribution in [0.4, 0.5) is 11.4 Å². The topological polar surface area (TPSA) is 215 Å². The summed E-state index contributed by atoms with van der Waals surface area (Å²) >= 11 is 18.1. The van der Waals surface area contributed by atoms with Gasteiger partial charge in [0.05, 0.1) is 55.6 Å². The van der Waals surface area contributed by atoms with Crippen molar-refractivity contribution in [2.24, 2.45) is 5.92 Å². The molecule has 1 aromatic heterocycles. The molecule has 0 aliphatic heterocycles. The lowest BCUT2D eigenvalue weighted by atomic mass is 9.81. The largest absolute Gasteiger partial charge is 0.489 e. The first-order chi connectivity index (χ1) is 29.8. The van der Waals surface area contributed by atoms with E-state index in [-0.39, 0.29) is 52.1 Å². The van der Waals surface area contributed by atoms with Crippen molar-refractivity contribution in [3.63, 3.8) is 0 Å². The van der Waals surface area contributed by atoms with Gasteiger partial charge < -0.3 is 18.8 Å². The van der Waals surface area contributed by atoms with E-state index >= 15 is 0 Å². The second kappa shape index (κ2) is 22.8. The van der Waals surface area contributed by atoms with Crippen LogP contribution < -0.4 is 15.4 Å². The van der Waals surface area contributed by atoms with E-state index in [9.17, 15) is 42.5 Å². The first-order valence-electron chi connectivity index (χ1n) is 20.1. The van der Waals surface area contributed by atoms with Crippen LogP contribution in [-0.4, -0.2) is 84.4 Å². The van der Waals surface area contributed by atoms with Crippen molar-refractivity contribution in [2.45, 2.75) is 104 Å². The number of hydrogen-bond donors (Lipinski definition) is 0. The first kappa shape index (κ1) is 53.4. The summed E-state index contributed by atoms with van der Waals surface area (Å²) in [6, 6.07) is 11.9. The van der Waals surface area contributed by atoms with Crippen LogP contribution in [0.3, 0.4) is 0 Å². The van der Waals surface area contributed by atoms with Crippen LogP contribution in [0.5, 0.6) is 5.75 Å². The summed E-state index contributed by atoms with van der Waals surface area (Å²) in [5.74, 6) is -3.57. The zero-order valence-electron chi connectivity index (χ0n) is 37.3. The highest BCUT2D eigenvalue weighted by Gasteiger charge is 2.39. The minimum absolute atomic E-state index is 0.0223. The van der Waals surface area contributed by atoms with Gasteiger partial charge in [0.15, 0.2) is 27.2 Å². The molecule has 64 heavy (non-hydrogen) atoms. The Balaban J connectivity index is 0.000000257. The molecule has 1 aliphatic carbocycles. The minimum atomic E-state index is -3.70. The molecule has 0 spiro atoms. The number of hydrogen-bond acceptors (Lipinski definition) is 13. The Kier molecular flexibility index (Phi) is 19.0. The zero-order chi connectivity index (χ0) is 48.4. The van der Waals surface area contributed by atoms with Crippen molar-refractivity contribution in [1.29, 1.82) is 0 Å². The number of nitro groups is 1. The average Bonchev–Trinajstić information content (AvgIpc) is 3.61. The van der Waals surface area contributed by atoms with Gasteiger partial charge in [-0.3, -0.25) is 29.3 Å². The number of ketones is 3. The van der Waals surface area contributed by atoms with Crippen molar-refractivity contribution in [3.8, 4) is 11.4 Å². The molecule has 1 atom stereocenters. The van der Waals surface area contributed by atoms with E-state index in [1.165, 1.54) is 6.07 Å². The quantitative estimate of drug-likeness (QED) is 0.0404. The highest BCUT2D eigenvalue weighted by Crippen LogP contribution is 2.34. The zero-order valence-corrected chi connectivity index (χ0v) is 40.4. The van der Waals surface area contributed by atoms with Crippen LogP contribution in [0.25, 0.3) is 5.69 Å². The number of aromatic nitrogens is 2. The molecule has 0 saturated heterocycles. The number of carbonyl (C=O) groups excluding carboxylic acids is 4. The molecule has 1 amide bonds. The second-order valence-corrected chi connectivity index (χ2v) is 19.3. The van der Waals surface area contributed by atoms with E-state index in [0.29, 0.717) is 35.4 Å². The number of benzene rings is 3. The van der Waals surface area contributed by atoms with Gasteiger partial charge in [0, 0.05) is 43.8 Å². The van der Waals surface area contributed by atoms with Gasteiger partial charge in [-0.2, -0.15) is 4.68 Å². The molecule has 1 saturated carbocycles. The molecular weight excluding hydrogens is 915 g/mol. The molecule has 20 heteroatoms. The summed E-state index contributed by atoms with van der Waals surface area (Å²) in [4.78, 5) is 72.0. The summed E-state index contributed by atoms with van der Waals surface area (Å²) < 4.78 is 40.1. The Bertz CT molecular complexity index is 2530. The van der Waals surface area contributed by atoms with Crippen LogP contribution in [0, 0.1) is 23.0 Å². The third-order valence-electron chi connectivity index (χ3n) is 9.57. The molecule has 1 aliphatic rings. The maximum atomic E-state index is 12.4. The van der Waals surface area contributed by atoms with Crippen LogP contribution in [0.1, 0.15) is 95.1 Å². The first-order valence-corrected chi connectivity index (χ1v) is 23.3. The molecule has 0 radical (unpaired) electrons. The number of methoxy groups -OCH3 is 1. The lowest BCUT2D eigenvalue weighted by Gasteiger charge is -2.31. The number of rotatable bonds is 13. The van der Waals surface area contributed by atoms with Crippen LogP contribution in [-0.2, 0) is 40.8 Å². The molecule has 3 aromatic carbocycles. The van der Waals surface area contributed by atoms with Gasteiger partial charge in [0.2, 0.25) is 11.8 Å². The van der Waals surface area contributed by atoms with Crippen molar-refractivity contribution in [2.75, 3.05) is 30.8 Å². The number of sulfone groups is 1. The van der Waals surface area contributed by atoms with E-state index in [2.05, 4.69) is 18.1 Å². The Labute approximate surface area is 387 Å². The number of ether oxygens (including phenoxy) is 2. The fraction of sp³-hybridized carbons (Fsp3) is 0.455. The fourth-order valence-electron chi connectivity index (χ4n) is 6.53. The average molecular weight is 968 g/mol. The third-order valence-corrected chi connectivity index (χ3v) is 11.5. The summed E-state index contributed by atoms with van der Waals surface area (Å²) in [5, 5.41) is 16.0. The van der Waals surface area contributed by atoms with Crippen molar-refractivity contribution in [3.05, 3.63) is 102 Å². The van der Waals surface area contributed by atoms with Crippen LogP contribution in [0.15, 0.2) is 62.6 Å². The van der Waals surface area contributed by atoms with E-state index < -0.39 is 55.0 Å². The molecule has 1 heterocycles. The fourth-order valence-corrected chi connectivity index (χ4v) is 7.81. The van der Waals surface area contributed by atoms with Crippen molar-refractivity contribution < 1.29 is 46.4 Å². The normalized spacial score (nSPS) is 13.7. The highest BCUT2D eigenvalue weighted by molar-refractivity contribution is 7.90. The number of carbonyl (C=O) groups is 4. The Morgan fingerprint density at radius 2 is 1.66 bits per heavy atom. The molecule has 16 nitrogen and oxygen atoms in total. The lowest BCUT2D eigenvalue weighted by Crippen LogP contribution is -2.43. The third kappa shape index (κ3) is 13.5. The van der Waals surface area contributed by atoms with Crippen molar-refractivity contribution in [1.82, 2.24) is 9.78 Å². The van der Waals surface area contributed by atoms with Crippen molar-refractivity contribution >= 4 is 79.3 Å². The van der Waals surface area contributed by atoms with Gasteiger partial charge in [-0.1, -0.05) is 69.1 Å². The minimum Gasteiger partial charge on any atom is -0.489 e. The second-order valence-electron chi connectivity index (χ2n) is 16.2. The lowest BCUT2D eigenvalue weighted by molar-refractivity contribution is -0.385. The van der Waals surface area contributed by atoms with Gasteiger partial charge >= 0.3 is 5.76 Å². The number of para-hydroxylation sites is 1. The number of alkyl halides is 1. The SMILES string of the molecule is CC(C)Oc1cc(-n2nc(C(C)(C)C)oc2=O)c(Cl)cc1Cl.CCc1cccc(C)c1N(C(=O)CCl)C(C)COC.CS(=O)(=O)c1ccc(C(=O)C2C(=O)CCCC2=O)c([N+](=O)[O-])c1. The molecule has 0 N–H and O–H groups in total. The molecule has 0 bridgehead atoms. The summed E-state index contributed by atoms with van der Waals surface area (Å²) in [6.07, 6.45) is 2.18. The molecule has 5 rings (SSSR count). The number of amides is 1. The molecular formula is C44H53Cl3N4O12S. The Hall–Kier alpha value is -4.94. The summed E-state index contributed by atoms with van der Waals surface area (Å²) in [5.41, 5.74) is 2.02. The highest BCUT2D eigenvalue weighted by atomic mass is 35.5. The Morgan fingerprint density at radius 1 is 1.03 bits per heavy atom. The van der Waals surface area contributed by atoms with Gasteiger partial charge in [0.25, 0.3) is 5.69 Å². The van der Waals surface area contributed by atoms with E-state index in [1.807, 2.05) is 60.6 Å². The monoisotopic (exact) mass is 966 g/mol. The van der Waals surface area contributed by atoms with Gasteiger partial charge in [-0.15, -0.1) is 16.7 Å². The van der Waals surface area contributed by atoms with Crippen LogP contribution >= 0.6 is 34.8 Å². The number of anilines is 1. The smallest absolute Gasteiger partial charge is 0.442 e. The Morgan fingerprint density at radius 3 is 2.16 bits per heavy atom. The number of nitrogens with zero attached hydrogens (tertiary/aromatic N) is 4. The van der Waals surface area contributed by atoms with Gasteiger partial charge in [0.1, 0.15) is 17.5 Å². The summed E-state index contributed by atoms with van der Waals surface area (Å²) in [6.45, 7) is 16.0. The predicted octanol–water partition coefficient (Wildman–Crippen LogP) is 8.50. The van der Waals surface area contributed by atoms with Crippen LogP contribution in [0.2, 0.25) is 10.0 Å².